The lowest BCUT2D eigenvalue weighted by Crippen LogP contribution is -2.32. The molecule has 46 heavy (non-hydrogen) atoms. The van der Waals surface area contributed by atoms with Gasteiger partial charge >= 0.3 is 11.9 Å². The molecular weight excluding hydrogens is 648 g/mol. The third-order valence-electron chi connectivity index (χ3n) is 6.16. The summed E-state index contributed by atoms with van der Waals surface area (Å²) in [5.74, 6) is -4.30. The minimum atomic E-state index is -4.77. The van der Waals surface area contributed by atoms with Crippen LogP contribution in [0.2, 0.25) is 0 Å². The number of non-ortho nitro benzene ring substituents is 1. The van der Waals surface area contributed by atoms with Crippen molar-refractivity contribution in [2.75, 3.05) is 11.4 Å². The molecule has 4 aromatic rings. The molecule has 1 aromatic heterocycles. The number of hydrogen-bond donors (Lipinski definition) is 0. The summed E-state index contributed by atoms with van der Waals surface area (Å²) >= 11 is 0.808. The van der Waals surface area contributed by atoms with Crippen molar-refractivity contribution in [3.8, 4) is 11.5 Å². The predicted molar refractivity (Wildman–Crippen MR) is 162 cm³/mol. The summed E-state index contributed by atoms with van der Waals surface area (Å²) in [4.78, 5) is 38.8. The number of rotatable bonds is 11. The van der Waals surface area contributed by atoms with Gasteiger partial charge in [0.2, 0.25) is 0 Å². The van der Waals surface area contributed by atoms with Gasteiger partial charge in [0.15, 0.2) is 5.69 Å². The molecule has 0 atom stereocenters. The second-order valence-electron chi connectivity index (χ2n) is 10.6. The highest BCUT2D eigenvalue weighted by molar-refractivity contribution is 7.93. The molecule has 0 fully saturated rings. The number of ether oxygens (including phenoxy) is 3. The molecule has 0 aliphatic heterocycles. The van der Waals surface area contributed by atoms with E-state index in [0.717, 1.165) is 39.9 Å². The maximum absolute atomic E-state index is 15.3. The molecule has 0 aliphatic carbocycles. The van der Waals surface area contributed by atoms with Gasteiger partial charge in [0.1, 0.15) is 33.7 Å². The third-order valence-corrected chi connectivity index (χ3v) is 8.84. The summed E-state index contributed by atoms with van der Waals surface area (Å²) in [6.07, 6.45) is -0.915. The summed E-state index contributed by atoms with van der Waals surface area (Å²) in [6.45, 7) is 4.50. The number of carbonyl (C=O) groups excluding carboxylic acids is 2. The molecular formula is C30H27F2N3O9S2. The molecule has 242 valence electrons. The number of carbonyl (C=O) groups is 2. The minimum absolute atomic E-state index is 0.102. The molecule has 4 rings (SSSR count). The summed E-state index contributed by atoms with van der Waals surface area (Å²) in [5.41, 5.74) is -0.584. The maximum Gasteiger partial charge on any atom is 0.360 e. The quantitative estimate of drug-likeness (QED) is 0.0820. The van der Waals surface area contributed by atoms with E-state index in [1.54, 1.807) is 45.0 Å². The Morgan fingerprint density at radius 3 is 2.13 bits per heavy atom. The number of hydrogen-bond acceptors (Lipinski definition) is 11. The van der Waals surface area contributed by atoms with Crippen LogP contribution in [0.4, 0.5) is 19.5 Å². The molecule has 0 aliphatic rings. The number of aromatic nitrogens is 1. The van der Waals surface area contributed by atoms with Gasteiger partial charge in [0, 0.05) is 17.7 Å². The predicted octanol–water partition coefficient (Wildman–Crippen LogP) is 5.84. The van der Waals surface area contributed by atoms with Crippen LogP contribution in [0.15, 0.2) is 71.1 Å². The van der Waals surface area contributed by atoms with Gasteiger partial charge in [0.05, 0.1) is 35.4 Å². The average Bonchev–Trinajstić information content (AvgIpc) is 3.47. The largest absolute Gasteiger partial charge is 0.497 e. The summed E-state index contributed by atoms with van der Waals surface area (Å²) < 4.78 is 75.0. The highest BCUT2D eigenvalue weighted by Crippen LogP contribution is 2.35. The Bertz CT molecular complexity index is 1850. The van der Waals surface area contributed by atoms with Crippen LogP contribution in [0, 0.1) is 21.7 Å². The zero-order valence-electron chi connectivity index (χ0n) is 24.9. The third kappa shape index (κ3) is 8.00. The molecule has 0 N–H and O–H groups in total. The van der Waals surface area contributed by atoms with Crippen molar-refractivity contribution in [3.63, 3.8) is 0 Å². The summed E-state index contributed by atoms with van der Waals surface area (Å²) in [7, 11) is -3.32. The Morgan fingerprint density at radius 2 is 1.59 bits per heavy atom. The first-order chi connectivity index (χ1) is 21.6. The zero-order valence-corrected chi connectivity index (χ0v) is 26.5. The molecule has 0 bridgehead atoms. The van der Waals surface area contributed by atoms with Crippen LogP contribution in [-0.4, -0.2) is 43.0 Å². The smallest absolute Gasteiger partial charge is 0.360 e. The molecule has 0 saturated heterocycles. The van der Waals surface area contributed by atoms with Crippen LogP contribution in [0.3, 0.4) is 0 Å². The Kier molecular flexibility index (Phi) is 10.0. The minimum Gasteiger partial charge on any atom is -0.497 e. The van der Waals surface area contributed by atoms with E-state index >= 15 is 8.78 Å². The first-order valence-electron chi connectivity index (χ1n) is 13.3. The fourth-order valence-electron chi connectivity index (χ4n) is 4.02. The van der Waals surface area contributed by atoms with Crippen LogP contribution < -0.4 is 13.8 Å². The number of nitro groups is 1. The second-order valence-corrected chi connectivity index (χ2v) is 13.3. The fourth-order valence-corrected chi connectivity index (χ4v) is 6.51. The van der Waals surface area contributed by atoms with Crippen molar-refractivity contribution >= 4 is 44.0 Å². The number of thiazole rings is 1. The van der Waals surface area contributed by atoms with Gasteiger partial charge in [0.25, 0.3) is 15.7 Å². The maximum atomic E-state index is 15.3. The van der Waals surface area contributed by atoms with E-state index in [9.17, 15) is 28.1 Å². The zero-order chi connectivity index (χ0) is 33.8. The molecule has 1 heterocycles. The van der Waals surface area contributed by atoms with Gasteiger partial charge in [-0.1, -0.05) is 12.1 Å². The van der Waals surface area contributed by atoms with E-state index < -0.39 is 61.0 Å². The fraction of sp³-hybridized carbons (Fsp3) is 0.233. The standard InChI is InChI=1S/C30H27F2N3O9S2/c1-30(2,3)44-29(37)27-28(45-17-33-27)34(16-18-5-9-20(42-4)10-6-18)46(40,41)22-13-24(31)23(25(32)14-22)15-26(36)43-21-11-7-19(8-12-21)35(38)39/h5-14,17H,15-16H2,1-4H3. The number of anilines is 1. The lowest BCUT2D eigenvalue weighted by Gasteiger charge is -2.25. The summed E-state index contributed by atoms with van der Waals surface area (Å²) in [6, 6.07) is 11.9. The first-order valence-corrected chi connectivity index (χ1v) is 15.7. The number of halogens is 2. The number of benzene rings is 3. The Morgan fingerprint density at radius 1 is 1.00 bits per heavy atom. The highest BCUT2D eigenvalue weighted by Gasteiger charge is 2.34. The topological polar surface area (TPSA) is 155 Å². The van der Waals surface area contributed by atoms with E-state index in [0.29, 0.717) is 23.4 Å². The molecule has 0 radical (unpaired) electrons. The summed E-state index contributed by atoms with van der Waals surface area (Å²) in [5, 5.41) is 10.7. The monoisotopic (exact) mass is 675 g/mol. The van der Waals surface area contributed by atoms with Gasteiger partial charge < -0.3 is 14.2 Å². The molecule has 16 heteroatoms. The van der Waals surface area contributed by atoms with Crippen LogP contribution in [0.5, 0.6) is 11.5 Å². The Labute approximate surface area is 266 Å². The lowest BCUT2D eigenvalue weighted by molar-refractivity contribution is -0.384. The number of nitrogens with zero attached hydrogens (tertiary/aromatic N) is 3. The molecule has 3 aromatic carbocycles. The van der Waals surface area contributed by atoms with Gasteiger partial charge in [-0.2, -0.15) is 0 Å². The Balaban J connectivity index is 1.68. The van der Waals surface area contributed by atoms with E-state index in [2.05, 4.69) is 4.98 Å². The van der Waals surface area contributed by atoms with E-state index in [4.69, 9.17) is 14.2 Å². The molecule has 0 spiro atoms. The van der Waals surface area contributed by atoms with Crippen molar-refractivity contribution in [1.29, 1.82) is 0 Å². The average molecular weight is 676 g/mol. The Hall–Kier alpha value is -4.96. The normalized spacial score (nSPS) is 11.5. The van der Waals surface area contributed by atoms with Crippen molar-refractivity contribution in [3.05, 3.63) is 105 Å². The van der Waals surface area contributed by atoms with Gasteiger partial charge in [-0.15, -0.1) is 11.3 Å². The van der Waals surface area contributed by atoms with Crippen molar-refractivity contribution in [2.45, 2.75) is 44.2 Å². The van der Waals surface area contributed by atoms with Crippen molar-refractivity contribution in [2.24, 2.45) is 0 Å². The van der Waals surface area contributed by atoms with Gasteiger partial charge in [-0.05, 0) is 62.7 Å². The number of methoxy groups -OCH3 is 1. The SMILES string of the molecule is COc1ccc(CN(c2scnc2C(=O)OC(C)(C)C)S(=O)(=O)c2cc(F)c(CC(=O)Oc3ccc([N+](=O)[O-])cc3)c(F)c2)cc1. The van der Waals surface area contributed by atoms with Gasteiger partial charge in [-0.3, -0.25) is 19.2 Å². The second kappa shape index (κ2) is 13.6. The van der Waals surface area contributed by atoms with E-state index in [-0.39, 0.29) is 28.7 Å². The van der Waals surface area contributed by atoms with Crippen LogP contribution in [0.1, 0.15) is 42.4 Å². The number of esters is 2. The van der Waals surface area contributed by atoms with E-state index in [1.807, 2.05) is 0 Å². The lowest BCUT2D eigenvalue weighted by atomic mass is 10.1. The first kappa shape index (κ1) is 33.9. The molecule has 12 nitrogen and oxygen atoms in total. The van der Waals surface area contributed by atoms with Crippen LogP contribution in [-0.2, 0) is 32.5 Å². The number of nitro benzene ring substituents is 1. The van der Waals surface area contributed by atoms with Crippen molar-refractivity contribution in [1.82, 2.24) is 4.98 Å². The van der Waals surface area contributed by atoms with E-state index in [1.165, 1.54) is 12.6 Å². The molecule has 0 saturated carbocycles. The van der Waals surface area contributed by atoms with Crippen LogP contribution >= 0.6 is 11.3 Å². The molecule has 0 amide bonds. The highest BCUT2D eigenvalue weighted by atomic mass is 32.2. The van der Waals surface area contributed by atoms with Crippen molar-refractivity contribution < 1.29 is 45.9 Å². The van der Waals surface area contributed by atoms with Crippen LogP contribution in [0.25, 0.3) is 0 Å². The number of sulfonamides is 1. The van der Waals surface area contributed by atoms with Gasteiger partial charge in [-0.25, -0.2) is 27.0 Å². The molecule has 0 unspecified atom stereocenters.